The van der Waals surface area contributed by atoms with E-state index < -0.39 is 11.7 Å². The molecule has 5 nitrogen and oxygen atoms in total. The third-order valence-electron chi connectivity index (χ3n) is 4.40. The summed E-state index contributed by atoms with van der Waals surface area (Å²) >= 11 is 0. The normalized spacial score (nSPS) is 10.7. The molecule has 0 aliphatic carbocycles. The lowest BCUT2D eigenvalue weighted by atomic mass is 10.2. The number of anilines is 1. The zero-order valence-corrected chi connectivity index (χ0v) is 15.4. The van der Waals surface area contributed by atoms with Crippen LogP contribution in [0.4, 0.5) is 14.5 Å². The van der Waals surface area contributed by atoms with E-state index in [1.165, 1.54) is 18.2 Å². The van der Waals surface area contributed by atoms with Gasteiger partial charge in [-0.25, -0.2) is 13.5 Å². The van der Waals surface area contributed by atoms with Gasteiger partial charge in [0.05, 0.1) is 11.4 Å². The first-order valence-corrected chi connectivity index (χ1v) is 8.85. The smallest absolute Gasteiger partial charge is 0.276 e. The highest BCUT2D eigenvalue weighted by Gasteiger charge is 2.17. The van der Waals surface area contributed by atoms with Gasteiger partial charge >= 0.3 is 0 Å². The van der Waals surface area contributed by atoms with Crippen LogP contribution in [0, 0.1) is 18.6 Å². The van der Waals surface area contributed by atoms with Gasteiger partial charge in [-0.1, -0.05) is 6.07 Å². The van der Waals surface area contributed by atoms with Gasteiger partial charge in [0.25, 0.3) is 5.91 Å². The second-order valence-corrected chi connectivity index (χ2v) is 6.46. The molecule has 0 saturated heterocycles. The fraction of sp³-hybridized carbons (Fsp3) is 0.0455. The maximum Gasteiger partial charge on any atom is 0.276 e. The van der Waals surface area contributed by atoms with E-state index in [0.717, 1.165) is 5.56 Å². The minimum Gasteiger partial charge on any atom is -0.320 e. The van der Waals surface area contributed by atoms with Crippen molar-refractivity contribution in [1.29, 1.82) is 0 Å². The molecule has 1 N–H and O–H groups in total. The van der Waals surface area contributed by atoms with Crippen LogP contribution in [-0.2, 0) is 0 Å². The molecule has 0 aliphatic rings. The zero-order chi connectivity index (χ0) is 20.4. The molecular formula is C22H16F2N4O. The van der Waals surface area contributed by atoms with Gasteiger partial charge in [-0.2, -0.15) is 5.10 Å². The van der Waals surface area contributed by atoms with Gasteiger partial charge < -0.3 is 5.32 Å². The van der Waals surface area contributed by atoms with Gasteiger partial charge in [-0.05, 0) is 67.1 Å². The Balaban J connectivity index is 1.73. The van der Waals surface area contributed by atoms with Crippen molar-refractivity contribution in [3.63, 3.8) is 0 Å². The predicted molar refractivity (Wildman–Crippen MR) is 106 cm³/mol. The number of aryl methyl sites for hydroxylation is 1. The van der Waals surface area contributed by atoms with Crippen molar-refractivity contribution in [2.24, 2.45) is 0 Å². The average molecular weight is 390 g/mol. The summed E-state index contributed by atoms with van der Waals surface area (Å²) in [6, 6.07) is 15.5. The topological polar surface area (TPSA) is 59.8 Å². The molecule has 0 bridgehead atoms. The molecule has 0 radical (unpaired) electrons. The second-order valence-electron chi connectivity index (χ2n) is 6.46. The molecule has 0 unspecified atom stereocenters. The molecule has 0 saturated carbocycles. The Hall–Kier alpha value is -3.87. The van der Waals surface area contributed by atoms with Crippen molar-refractivity contribution >= 4 is 11.6 Å². The summed E-state index contributed by atoms with van der Waals surface area (Å²) in [6.45, 7) is 1.64. The number of aromatic nitrogens is 3. The fourth-order valence-electron chi connectivity index (χ4n) is 2.86. The monoisotopic (exact) mass is 390 g/mol. The number of benzene rings is 2. The van der Waals surface area contributed by atoms with E-state index >= 15 is 0 Å². The minimum absolute atomic E-state index is 0.133. The Morgan fingerprint density at radius 1 is 1.03 bits per heavy atom. The van der Waals surface area contributed by atoms with Gasteiger partial charge in [-0.3, -0.25) is 9.78 Å². The molecule has 0 spiro atoms. The number of halogens is 2. The zero-order valence-electron chi connectivity index (χ0n) is 15.4. The first kappa shape index (κ1) is 18.5. The van der Waals surface area contributed by atoms with Crippen molar-refractivity contribution < 1.29 is 13.6 Å². The fourth-order valence-corrected chi connectivity index (χ4v) is 2.86. The summed E-state index contributed by atoms with van der Waals surface area (Å²) in [7, 11) is 0. The SMILES string of the molecule is Cc1ccc(NC(=O)c2cc(-c3cccnc3)n(-c3ccc(F)cc3)n2)cc1F. The largest absolute Gasteiger partial charge is 0.320 e. The minimum atomic E-state index is -0.487. The van der Waals surface area contributed by atoms with Crippen LogP contribution >= 0.6 is 0 Å². The standard InChI is InChI=1S/C22H16F2N4O/c1-14-4-7-17(11-19(14)24)26-22(29)20-12-21(15-3-2-10-25-13-15)28(27-20)18-8-5-16(23)6-9-18/h2-13H,1H3,(H,26,29). The van der Waals surface area contributed by atoms with Crippen LogP contribution in [0.5, 0.6) is 0 Å². The highest BCUT2D eigenvalue weighted by Crippen LogP contribution is 2.24. The number of rotatable bonds is 4. The Bertz CT molecular complexity index is 1170. The van der Waals surface area contributed by atoms with Crippen molar-refractivity contribution in [3.8, 4) is 16.9 Å². The summed E-state index contributed by atoms with van der Waals surface area (Å²) in [5, 5.41) is 7.03. The molecule has 29 heavy (non-hydrogen) atoms. The average Bonchev–Trinajstić information content (AvgIpc) is 3.18. The molecule has 4 aromatic rings. The van der Waals surface area contributed by atoms with Crippen LogP contribution in [0.15, 0.2) is 73.1 Å². The predicted octanol–water partition coefficient (Wildman–Crippen LogP) is 4.77. The van der Waals surface area contributed by atoms with Crippen LogP contribution < -0.4 is 5.32 Å². The molecule has 2 aromatic carbocycles. The van der Waals surface area contributed by atoms with Crippen molar-refractivity contribution in [1.82, 2.24) is 14.8 Å². The molecule has 2 aromatic heterocycles. The number of hydrogen-bond acceptors (Lipinski definition) is 3. The van der Waals surface area contributed by atoms with Crippen LogP contribution in [0.2, 0.25) is 0 Å². The third kappa shape index (κ3) is 3.89. The lowest BCUT2D eigenvalue weighted by Gasteiger charge is -2.07. The van der Waals surface area contributed by atoms with Crippen molar-refractivity contribution in [3.05, 3.63) is 95.9 Å². The lowest BCUT2D eigenvalue weighted by molar-refractivity contribution is 0.102. The van der Waals surface area contributed by atoms with E-state index in [1.807, 2.05) is 6.07 Å². The molecule has 2 heterocycles. The molecule has 0 aliphatic heterocycles. The molecule has 0 fully saturated rings. The molecule has 4 rings (SSSR count). The molecule has 7 heteroatoms. The van der Waals surface area contributed by atoms with Crippen LogP contribution in [-0.4, -0.2) is 20.7 Å². The number of carbonyl (C=O) groups is 1. The van der Waals surface area contributed by atoms with Gasteiger partial charge in [0, 0.05) is 23.6 Å². The summed E-state index contributed by atoms with van der Waals surface area (Å²) in [5.41, 5.74) is 2.90. The number of amides is 1. The Morgan fingerprint density at radius 3 is 2.52 bits per heavy atom. The number of hydrogen-bond donors (Lipinski definition) is 1. The molecule has 0 atom stereocenters. The van der Waals surface area contributed by atoms with Gasteiger partial charge in [0.2, 0.25) is 0 Å². The van der Waals surface area contributed by atoms with Crippen LogP contribution in [0.1, 0.15) is 16.1 Å². The first-order valence-electron chi connectivity index (χ1n) is 8.85. The highest BCUT2D eigenvalue weighted by molar-refractivity contribution is 6.03. The lowest BCUT2D eigenvalue weighted by Crippen LogP contribution is -2.13. The van der Waals surface area contributed by atoms with E-state index in [0.29, 0.717) is 22.6 Å². The molecule has 144 valence electrons. The number of pyridine rings is 1. The van der Waals surface area contributed by atoms with Crippen LogP contribution in [0.3, 0.4) is 0 Å². The highest BCUT2D eigenvalue weighted by atomic mass is 19.1. The maximum atomic E-state index is 13.8. The van der Waals surface area contributed by atoms with E-state index in [9.17, 15) is 13.6 Å². The Morgan fingerprint density at radius 2 is 1.83 bits per heavy atom. The van der Waals surface area contributed by atoms with Crippen LogP contribution in [0.25, 0.3) is 16.9 Å². The third-order valence-corrected chi connectivity index (χ3v) is 4.40. The summed E-state index contributed by atoms with van der Waals surface area (Å²) in [5.74, 6) is -1.27. The second kappa shape index (κ2) is 7.63. The van der Waals surface area contributed by atoms with Crippen molar-refractivity contribution in [2.75, 3.05) is 5.32 Å². The summed E-state index contributed by atoms with van der Waals surface area (Å²) in [6.07, 6.45) is 3.29. The number of nitrogens with one attached hydrogen (secondary N) is 1. The van der Waals surface area contributed by atoms with E-state index in [2.05, 4.69) is 15.4 Å². The first-order chi connectivity index (χ1) is 14.0. The quantitative estimate of drug-likeness (QED) is 0.546. The van der Waals surface area contributed by atoms with Gasteiger partial charge in [0.15, 0.2) is 5.69 Å². The molecular weight excluding hydrogens is 374 g/mol. The van der Waals surface area contributed by atoms with E-state index in [-0.39, 0.29) is 11.5 Å². The maximum absolute atomic E-state index is 13.8. The van der Waals surface area contributed by atoms with E-state index in [4.69, 9.17) is 0 Å². The van der Waals surface area contributed by atoms with E-state index in [1.54, 1.807) is 60.4 Å². The summed E-state index contributed by atoms with van der Waals surface area (Å²) in [4.78, 5) is 16.8. The number of nitrogens with zero attached hydrogens (tertiary/aromatic N) is 3. The van der Waals surface area contributed by atoms with Gasteiger partial charge in [0.1, 0.15) is 11.6 Å². The molecule has 1 amide bonds. The Labute approximate surface area is 165 Å². The number of carbonyl (C=O) groups excluding carboxylic acids is 1. The van der Waals surface area contributed by atoms with Gasteiger partial charge in [-0.15, -0.1) is 0 Å². The van der Waals surface area contributed by atoms with Crippen molar-refractivity contribution in [2.45, 2.75) is 6.92 Å². The Kier molecular flexibility index (Phi) is 4.87. The summed E-state index contributed by atoms with van der Waals surface area (Å²) < 4.78 is 28.6.